The Morgan fingerprint density at radius 1 is 1.04 bits per heavy atom. The second-order valence-electron chi connectivity index (χ2n) is 6.41. The van der Waals surface area contributed by atoms with E-state index < -0.39 is 0 Å². The lowest BCUT2D eigenvalue weighted by Crippen LogP contribution is -2.45. The maximum Gasteiger partial charge on any atom is 0.0641 e. The Bertz CT molecular complexity index is 648. The molecule has 6 heteroatoms. The molecule has 0 atom stereocenters. The van der Waals surface area contributed by atoms with Crippen LogP contribution in [0.5, 0.6) is 0 Å². The van der Waals surface area contributed by atoms with Gasteiger partial charge in [-0.15, -0.1) is 0 Å². The first kappa shape index (κ1) is 17.4. The average molecular weight is 349 g/mol. The number of piperazine rings is 1. The quantitative estimate of drug-likeness (QED) is 0.868. The van der Waals surface area contributed by atoms with Gasteiger partial charge in [0.2, 0.25) is 0 Å². The van der Waals surface area contributed by atoms with Crippen molar-refractivity contribution >= 4 is 11.6 Å². The summed E-state index contributed by atoms with van der Waals surface area (Å²) in [4.78, 5) is 4.97. The zero-order valence-electron chi connectivity index (χ0n) is 14.2. The minimum Gasteiger partial charge on any atom is -0.394 e. The summed E-state index contributed by atoms with van der Waals surface area (Å²) in [5, 5.41) is 14.3. The molecule has 1 aliphatic rings. The predicted octanol–water partition coefficient (Wildman–Crippen LogP) is 2.16. The minimum atomic E-state index is 0.129. The van der Waals surface area contributed by atoms with Gasteiger partial charge in [0, 0.05) is 56.1 Å². The summed E-state index contributed by atoms with van der Waals surface area (Å²) in [6.45, 7) is 8.94. The van der Waals surface area contributed by atoms with Crippen molar-refractivity contribution in [3.05, 3.63) is 52.3 Å². The topological polar surface area (TPSA) is 44.5 Å². The van der Waals surface area contributed by atoms with Crippen LogP contribution in [0.15, 0.2) is 30.5 Å². The van der Waals surface area contributed by atoms with Gasteiger partial charge in [-0.05, 0) is 24.6 Å². The Morgan fingerprint density at radius 3 is 2.29 bits per heavy atom. The average Bonchev–Trinajstić information content (AvgIpc) is 2.91. The van der Waals surface area contributed by atoms with E-state index in [-0.39, 0.29) is 6.61 Å². The van der Waals surface area contributed by atoms with Gasteiger partial charge in [0.1, 0.15) is 0 Å². The molecule has 2 aromatic rings. The summed E-state index contributed by atoms with van der Waals surface area (Å²) in [6, 6.07) is 8.13. The van der Waals surface area contributed by atoms with Gasteiger partial charge in [0.25, 0.3) is 0 Å². The number of hydrogen-bond acceptors (Lipinski definition) is 4. The summed E-state index contributed by atoms with van der Waals surface area (Å²) < 4.78 is 1.83. The van der Waals surface area contributed by atoms with Crippen LogP contribution in [0.25, 0.3) is 0 Å². The van der Waals surface area contributed by atoms with Crippen LogP contribution in [-0.2, 0) is 19.6 Å². The van der Waals surface area contributed by atoms with E-state index in [0.29, 0.717) is 6.54 Å². The Hall–Kier alpha value is -1.40. The van der Waals surface area contributed by atoms with Gasteiger partial charge in [0.05, 0.1) is 18.8 Å². The number of aromatic nitrogens is 2. The van der Waals surface area contributed by atoms with E-state index in [2.05, 4.69) is 33.2 Å². The molecule has 1 saturated heterocycles. The van der Waals surface area contributed by atoms with Crippen LogP contribution in [0.1, 0.15) is 16.8 Å². The Labute approximate surface area is 148 Å². The molecule has 1 aromatic heterocycles. The molecule has 24 heavy (non-hydrogen) atoms. The molecule has 0 saturated carbocycles. The number of aryl methyl sites for hydroxylation is 1. The first-order chi connectivity index (χ1) is 11.6. The summed E-state index contributed by atoms with van der Waals surface area (Å²) in [5.74, 6) is 0. The Kier molecular flexibility index (Phi) is 5.89. The van der Waals surface area contributed by atoms with Crippen LogP contribution in [0.3, 0.4) is 0 Å². The van der Waals surface area contributed by atoms with Gasteiger partial charge in [-0.2, -0.15) is 5.10 Å². The number of aliphatic hydroxyl groups excluding tert-OH is 1. The lowest BCUT2D eigenvalue weighted by Gasteiger charge is -2.34. The molecule has 1 aliphatic heterocycles. The largest absolute Gasteiger partial charge is 0.394 e. The normalized spacial score (nSPS) is 16.6. The first-order valence-electron chi connectivity index (χ1n) is 8.47. The molecule has 1 fully saturated rings. The highest BCUT2D eigenvalue weighted by Crippen LogP contribution is 2.15. The second-order valence-corrected chi connectivity index (χ2v) is 6.84. The number of hydrogen-bond donors (Lipinski definition) is 1. The van der Waals surface area contributed by atoms with E-state index in [1.54, 1.807) is 0 Å². The van der Waals surface area contributed by atoms with Crippen LogP contribution in [0.2, 0.25) is 5.02 Å². The molecule has 5 nitrogen and oxygen atoms in total. The van der Waals surface area contributed by atoms with E-state index in [0.717, 1.165) is 50.0 Å². The first-order valence-corrected chi connectivity index (χ1v) is 8.85. The van der Waals surface area contributed by atoms with Crippen LogP contribution in [0.4, 0.5) is 0 Å². The maximum atomic E-state index is 9.02. The monoisotopic (exact) mass is 348 g/mol. The van der Waals surface area contributed by atoms with Crippen molar-refractivity contribution in [2.75, 3.05) is 32.8 Å². The van der Waals surface area contributed by atoms with E-state index >= 15 is 0 Å². The van der Waals surface area contributed by atoms with Crippen molar-refractivity contribution in [2.24, 2.45) is 0 Å². The molecular formula is C18H25ClN4O. The third kappa shape index (κ3) is 4.57. The molecule has 0 unspecified atom stereocenters. The molecule has 3 rings (SSSR count). The van der Waals surface area contributed by atoms with Crippen molar-refractivity contribution < 1.29 is 5.11 Å². The van der Waals surface area contributed by atoms with Crippen molar-refractivity contribution in [1.82, 2.24) is 19.6 Å². The Morgan fingerprint density at radius 2 is 1.67 bits per heavy atom. The van der Waals surface area contributed by atoms with Gasteiger partial charge in [-0.3, -0.25) is 14.5 Å². The number of benzene rings is 1. The van der Waals surface area contributed by atoms with Gasteiger partial charge < -0.3 is 5.11 Å². The number of nitrogens with zero attached hydrogens (tertiary/aromatic N) is 4. The van der Waals surface area contributed by atoms with Crippen molar-refractivity contribution in [3.63, 3.8) is 0 Å². The van der Waals surface area contributed by atoms with Gasteiger partial charge >= 0.3 is 0 Å². The number of aliphatic hydroxyl groups is 1. The van der Waals surface area contributed by atoms with Gasteiger partial charge in [-0.1, -0.05) is 23.7 Å². The fraction of sp³-hybridized carbons (Fsp3) is 0.500. The van der Waals surface area contributed by atoms with E-state index in [1.807, 2.05) is 23.7 Å². The highest BCUT2D eigenvalue weighted by molar-refractivity contribution is 6.30. The molecule has 1 N–H and O–H groups in total. The number of rotatable bonds is 6. The van der Waals surface area contributed by atoms with E-state index in [1.165, 1.54) is 11.1 Å². The van der Waals surface area contributed by atoms with Crippen molar-refractivity contribution in [2.45, 2.75) is 26.6 Å². The summed E-state index contributed by atoms with van der Waals surface area (Å²) >= 11 is 5.94. The highest BCUT2D eigenvalue weighted by atomic mass is 35.5. The fourth-order valence-electron chi connectivity index (χ4n) is 3.13. The van der Waals surface area contributed by atoms with E-state index in [4.69, 9.17) is 16.7 Å². The SMILES string of the molecule is Cc1nn(CCO)cc1CN1CCN(Cc2ccc(Cl)cc2)CC1. The molecule has 0 spiro atoms. The molecule has 0 bridgehead atoms. The van der Waals surface area contributed by atoms with Crippen molar-refractivity contribution in [1.29, 1.82) is 0 Å². The summed E-state index contributed by atoms with van der Waals surface area (Å²) in [7, 11) is 0. The fourth-order valence-corrected chi connectivity index (χ4v) is 3.25. The van der Waals surface area contributed by atoms with Crippen molar-refractivity contribution in [3.8, 4) is 0 Å². The molecule has 2 heterocycles. The number of halogens is 1. The Balaban J connectivity index is 1.49. The zero-order valence-corrected chi connectivity index (χ0v) is 14.9. The molecule has 0 radical (unpaired) electrons. The van der Waals surface area contributed by atoms with E-state index in [9.17, 15) is 0 Å². The third-order valence-corrected chi connectivity index (χ3v) is 4.81. The zero-order chi connectivity index (χ0) is 16.9. The van der Waals surface area contributed by atoms with Crippen LogP contribution in [0, 0.1) is 6.92 Å². The lowest BCUT2D eigenvalue weighted by molar-refractivity contribution is 0.122. The molecular weight excluding hydrogens is 324 g/mol. The standard InChI is InChI=1S/C18H25ClN4O/c1-15-17(14-23(20-15)10-11-24)13-22-8-6-21(7-9-22)12-16-2-4-18(19)5-3-16/h2-5,14,24H,6-13H2,1H3. The minimum absolute atomic E-state index is 0.129. The maximum absolute atomic E-state index is 9.02. The molecule has 1 aromatic carbocycles. The second kappa shape index (κ2) is 8.12. The molecule has 130 valence electrons. The third-order valence-electron chi connectivity index (χ3n) is 4.56. The van der Waals surface area contributed by atoms with Gasteiger partial charge in [-0.25, -0.2) is 0 Å². The van der Waals surface area contributed by atoms with Gasteiger partial charge in [0.15, 0.2) is 0 Å². The highest BCUT2D eigenvalue weighted by Gasteiger charge is 2.18. The predicted molar refractivity (Wildman–Crippen MR) is 96.1 cm³/mol. The molecule has 0 amide bonds. The van der Waals surface area contributed by atoms with Crippen LogP contribution < -0.4 is 0 Å². The summed E-state index contributed by atoms with van der Waals surface area (Å²) in [6.07, 6.45) is 2.06. The molecule has 0 aliphatic carbocycles. The van der Waals surface area contributed by atoms with Crippen LogP contribution in [-0.4, -0.2) is 57.5 Å². The van der Waals surface area contributed by atoms with Crippen LogP contribution >= 0.6 is 11.6 Å². The lowest BCUT2D eigenvalue weighted by atomic mass is 10.2. The smallest absolute Gasteiger partial charge is 0.0641 e. The summed E-state index contributed by atoms with van der Waals surface area (Å²) in [5.41, 5.74) is 3.63.